The Balaban J connectivity index is 1.47. The first-order valence-electron chi connectivity index (χ1n) is 7.13. The highest BCUT2D eigenvalue weighted by Crippen LogP contribution is 2.45. The molecule has 0 aliphatic heterocycles. The van der Waals surface area contributed by atoms with Gasteiger partial charge in [-0.2, -0.15) is 0 Å². The van der Waals surface area contributed by atoms with Crippen LogP contribution in [0.2, 0.25) is 5.02 Å². The number of aromatic nitrogens is 2. The lowest BCUT2D eigenvalue weighted by atomic mass is 10.0. The Kier molecular flexibility index (Phi) is 3.20. The van der Waals surface area contributed by atoms with E-state index in [2.05, 4.69) is 10.3 Å². The van der Waals surface area contributed by atoms with E-state index in [0.717, 1.165) is 29.1 Å². The summed E-state index contributed by atoms with van der Waals surface area (Å²) in [5.74, 6) is 0.0122. The average molecular weight is 332 g/mol. The number of rotatable bonds is 4. The van der Waals surface area contributed by atoms with Gasteiger partial charge >= 0.3 is 0 Å². The van der Waals surface area contributed by atoms with Gasteiger partial charge in [0.15, 0.2) is 4.96 Å². The number of thiazole rings is 1. The molecule has 22 heavy (non-hydrogen) atoms. The van der Waals surface area contributed by atoms with Crippen molar-refractivity contribution in [2.24, 2.45) is 0 Å². The topological polar surface area (TPSA) is 46.4 Å². The zero-order valence-electron chi connectivity index (χ0n) is 11.8. The minimum Gasteiger partial charge on any atom is -0.346 e. The zero-order chi connectivity index (χ0) is 15.2. The van der Waals surface area contributed by atoms with E-state index >= 15 is 0 Å². The lowest BCUT2D eigenvalue weighted by Crippen LogP contribution is -2.35. The fraction of sp³-hybridized carbons (Fsp3) is 0.250. The minimum atomic E-state index is -0.210. The van der Waals surface area contributed by atoms with Crippen LogP contribution in [0.15, 0.2) is 42.0 Å². The minimum absolute atomic E-state index is 0.0122. The molecule has 2 heterocycles. The average Bonchev–Trinajstić information content (AvgIpc) is 2.95. The number of nitrogens with zero attached hydrogens (tertiary/aromatic N) is 2. The predicted octanol–water partition coefficient (Wildman–Crippen LogP) is 3.40. The Labute approximate surface area is 136 Å². The van der Waals surface area contributed by atoms with Gasteiger partial charge in [-0.3, -0.25) is 9.20 Å². The molecule has 1 amide bonds. The Hall–Kier alpha value is -1.85. The molecule has 1 aromatic carbocycles. The summed E-state index contributed by atoms with van der Waals surface area (Å²) in [6, 6.07) is 7.71. The van der Waals surface area contributed by atoms with Crippen LogP contribution in [-0.4, -0.2) is 15.3 Å². The van der Waals surface area contributed by atoms with E-state index in [1.165, 1.54) is 0 Å². The first-order chi connectivity index (χ1) is 10.6. The smallest absolute Gasteiger partial charge is 0.226 e. The van der Waals surface area contributed by atoms with E-state index in [0.29, 0.717) is 11.4 Å². The van der Waals surface area contributed by atoms with Gasteiger partial charge in [0.25, 0.3) is 0 Å². The molecule has 1 fully saturated rings. The maximum Gasteiger partial charge on any atom is 0.226 e. The van der Waals surface area contributed by atoms with E-state index in [1.807, 2.05) is 46.4 Å². The summed E-state index contributed by atoms with van der Waals surface area (Å²) < 4.78 is 1.94. The van der Waals surface area contributed by atoms with Crippen LogP contribution < -0.4 is 5.32 Å². The van der Waals surface area contributed by atoms with Crippen molar-refractivity contribution in [1.82, 2.24) is 14.7 Å². The molecule has 4 rings (SSSR count). The Morgan fingerprint density at radius 3 is 2.82 bits per heavy atom. The number of imidazole rings is 1. The van der Waals surface area contributed by atoms with Crippen LogP contribution >= 0.6 is 22.9 Å². The maximum atomic E-state index is 12.3. The van der Waals surface area contributed by atoms with Gasteiger partial charge < -0.3 is 5.32 Å². The largest absolute Gasteiger partial charge is 0.346 e. The van der Waals surface area contributed by atoms with Crippen LogP contribution in [0.25, 0.3) is 4.96 Å². The highest BCUT2D eigenvalue weighted by Gasteiger charge is 2.45. The van der Waals surface area contributed by atoms with Crippen LogP contribution in [0.4, 0.5) is 0 Å². The number of fused-ring (bicyclic) bond motifs is 1. The predicted molar refractivity (Wildman–Crippen MR) is 87.3 cm³/mol. The van der Waals surface area contributed by atoms with Crippen molar-refractivity contribution in [3.63, 3.8) is 0 Å². The number of hydrogen-bond acceptors (Lipinski definition) is 3. The molecule has 1 saturated carbocycles. The lowest BCUT2D eigenvalue weighted by Gasteiger charge is -2.17. The van der Waals surface area contributed by atoms with E-state index in [9.17, 15) is 4.79 Å². The summed E-state index contributed by atoms with van der Waals surface area (Å²) in [4.78, 5) is 17.7. The molecule has 6 heteroatoms. The first kappa shape index (κ1) is 13.8. The lowest BCUT2D eigenvalue weighted by molar-refractivity contribution is -0.121. The molecule has 1 aliphatic carbocycles. The second-order valence-electron chi connectivity index (χ2n) is 5.64. The van der Waals surface area contributed by atoms with Gasteiger partial charge in [0, 0.05) is 22.8 Å². The third-order valence-electron chi connectivity index (χ3n) is 4.01. The summed E-state index contributed by atoms with van der Waals surface area (Å²) in [5, 5.41) is 5.85. The molecule has 0 saturated heterocycles. The van der Waals surface area contributed by atoms with Gasteiger partial charge in [-0.05, 0) is 30.5 Å². The Morgan fingerprint density at radius 2 is 2.14 bits per heavy atom. The molecule has 112 valence electrons. The number of benzene rings is 1. The zero-order valence-corrected chi connectivity index (χ0v) is 13.3. The van der Waals surface area contributed by atoms with Crippen molar-refractivity contribution in [3.8, 4) is 0 Å². The quantitative estimate of drug-likeness (QED) is 0.796. The fourth-order valence-corrected chi connectivity index (χ4v) is 3.56. The summed E-state index contributed by atoms with van der Waals surface area (Å²) in [6.45, 7) is 0. The molecule has 4 nitrogen and oxygen atoms in total. The van der Waals surface area contributed by atoms with Gasteiger partial charge in [-0.1, -0.05) is 23.7 Å². The van der Waals surface area contributed by atoms with Crippen molar-refractivity contribution in [3.05, 3.63) is 58.3 Å². The van der Waals surface area contributed by atoms with Crippen LogP contribution in [-0.2, 0) is 16.8 Å². The van der Waals surface area contributed by atoms with Gasteiger partial charge in [-0.15, -0.1) is 11.3 Å². The maximum absolute atomic E-state index is 12.3. The van der Waals surface area contributed by atoms with Gasteiger partial charge in [-0.25, -0.2) is 4.98 Å². The van der Waals surface area contributed by atoms with E-state index in [4.69, 9.17) is 11.6 Å². The molecule has 0 atom stereocenters. The number of carbonyl (C=O) groups excluding carboxylic acids is 1. The van der Waals surface area contributed by atoms with Crippen LogP contribution in [0, 0.1) is 0 Å². The molecule has 3 aromatic rings. The number of halogens is 1. The number of amides is 1. The highest BCUT2D eigenvalue weighted by atomic mass is 35.5. The molecular formula is C16H14ClN3OS. The molecule has 0 spiro atoms. The molecular weight excluding hydrogens is 318 g/mol. The van der Waals surface area contributed by atoms with Crippen molar-refractivity contribution in [2.75, 3.05) is 0 Å². The van der Waals surface area contributed by atoms with Crippen LogP contribution in [0.1, 0.15) is 24.1 Å². The van der Waals surface area contributed by atoms with Crippen molar-refractivity contribution in [1.29, 1.82) is 0 Å². The highest BCUT2D eigenvalue weighted by molar-refractivity contribution is 7.15. The Morgan fingerprint density at radius 1 is 1.36 bits per heavy atom. The van der Waals surface area contributed by atoms with Gasteiger partial charge in [0.05, 0.1) is 17.7 Å². The standard InChI is InChI=1S/C16H14ClN3OS/c17-12-3-1-11(2-4-12)16(5-6-16)19-14(21)9-13-10-20-7-8-22-15(20)18-13/h1-4,7-8,10H,5-6,9H2,(H,19,21). The monoisotopic (exact) mass is 331 g/mol. The molecule has 2 aromatic heterocycles. The summed E-state index contributed by atoms with van der Waals surface area (Å²) in [6.07, 6.45) is 6.11. The number of nitrogens with one attached hydrogen (secondary N) is 1. The summed E-state index contributed by atoms with van der Waals surface area (Å²) >= 11 is 7.49. The second kappa shape index (κ2) is 5.11. The third-order valence-corrected chi connectivity index (χ3v) is 5.03. The fourth-order valence-electron chi connectivity index (χ4n) is 2.72. The van der Waals surface area contributed by atoms with Crippen LogP contribution in [0.5, 0.6) is 0 Å². The second-order valence-corrected chi connectivity index (χ2v) is 6.95. The molecule has 0 unspecified atom stereocenters. The van der Waals surface area contributed by atoms with Crippen molar-refractivity contribution >= 4 is 33.8 Å². The number of hydrogen-bond donors (Lipinski definition) is 1. The van der Waals surface area contributed by atoms with E-state index < -0.39 is 0 Å². The number of carbonyl (C=O) groups is 1. The van der Waals surface area contributed by atoms with Crippen molar-refractivity contribution in [2.45, 2.75) is 24.8 Å². The van der Waals surface area contributed by atoms with E-state index in [-0.39, 0.29) is 11.4 Å². The molecule has 0 bridgehead atoms. The van der Waals surface area contributed by atoms with Gasteiger partial charge in [0.1, 0.15) is 0 Å². The SMILES string of the molecule is O=C(Cc1cn2ccsc2n1)NC1(c2ccc(Cl)cc2)CC1. The van der Waals surface area contributed by atoms with Crippen LogP contribution in [0.3, 0.4) is 0 Å². The summed E-state index contributed by atoms with van der Waals surface area (Å²) in [5.41, 5.74) is 1.71. The molecule has 0 radical (unpaired) electrons. The van der Waals surface area contributed by atoms with Crippen molar-refractivity contribution < 1.29 is 4.79 Å². The first-order valence-corrected chi connectivity index (χ1v) is 8.39. The Bertz CT molecular complexity index is 804. The third kappa shape index (κ3) is 2.51. The van der Waals surface area contributed by atoms with Gasteiger partial charge in [0.2, 0.25) is 5.91 Å². The van der Waals surface area contributed by atoms with E-state index in [1.54, 1.807) is 11.3 Å². The summed E-state index contributed by atoms with van der Waals surface area (Å²) in [7, 11) is 0. The molecule has 1 N–H and O–H groups in total. The normalized spacial score (nSPS) is 15.9. The molecule has 1 aliphatic rings.